The van der Waals surface area contributed by atoms with Crippen molar-refractivity contribution in [3.8, 4) is 0 Å². The molecule has 7 nitrogen and oxygen atoms in total. The van der Waals surface area contributed by atoms with Gasteiger partial charge in [-0.3, -0.25) is 24.1 Å². The van der Waals surface area contributed by atoms with Crippen LogP contribution in [0.15, 0.2) is 0 Å². The number of carboxylic acid groups (broad SMARTS) is 1. The number of carbonyl (C=O) groups is 4. The Hall–Kier alpha value is -1.57. The van der Waals surface area contributed by atoms with Gasteiger partial charge < -0.3 is 10.4 Å². The number of amides is 3. The zero-order chi connectivity index (χ0) is 14.4. The number of nitrogens with zero attached hydrogens (tertiary/aromatic N) is 1. The van der Waals surface area contributed by atoms with Gasteiger partial charge in [0.1, 0.15) is 0 Å². The molecule has 1 atom stereocenters. The minimum atomic E-state index is -0.939. The molecule has 1 heterocycles. The van der Waals surface area contributed by atoms with Crippen molar-refractivity contribution in [1.82, 2.24) is 10.2 Å². The summed E-state index contributed by atoms with van der Waals surface area (Å²) in [5, 5.41) is 10.8. The topological polar surface area (TPSA) is 104 Å². The highest BCUT2D eigenvalue weighted by Crippen LogP contribution is 2.17. The van der Waals surface area contributed by atoms with E-state index in [9.17, 15) is 19.2 Å². The molecule has 0 aromatic heterocycles. The number of carbonyl (C=O) groups excluding carboxylic acids is 3. The summed E-state index contributed by atoms with van der Waals surface area (Å²) in [7, 11) is 0. The number of imide groups is 1. The predicted molar refractivity (Wildman–Crippen MR) is 68.6 cm³/mol. The highest BCUT2D eigenvalue weighted by Gasteiger charge is 2.29. The van der Waals surface area contributed by atoms with Crippen LogP contribution in [0.25, 0.3) is 0 Å². The molecule has 8 heteroatoms. The Bertz CT molecular complexity index is 383. The van der Waals surface area contributed by atoms with Gasteiger partial charge in [0.25, 0.3) is 5.24 Å². The Morgan fingerprint density at radius 3 is 2.63 bits per heavy atom. The van der Waals surface area contributed by atoms with Crippen LogP contribution in [0.5, 0.6) is 0 Å². The van der Waals surface area contributed by atoms with Crippen LogP contribution >= 0.6 is 11.8 Å². The Labute approximate surface area is 114 Å². The molecule has 106 valence electrons. The van der Waals surface area contributed by atoms with E-state index in [2.05, 4.69) is 5.32 Å². The second-order valence-electron chi connectivity index (χ2n) is 4.36. The smallest absolute Gasteiger partial charge is 0.303 e. The molecule has 1 aliphatic heterocycles. The fourth-order valence-corrected chi connectivity index (χ4v) is 2.41. The quantitative estimate of drug-likeness (QED) is 0.698. The number of nitrogens with one attached hydrogen (secondary N) is 1. The average molecular weight is 288 g/mol. The molecule has 0 aromatic rings. The zero-order valence-corrected chi connectivity index (χ0v) is 11.4. The van der Waals surface area contributed by atoms with E-state index in [0.717, 1.165) is 16.7 Å². The molecule has 2 N–H and O–H groups in total. The van der Waals surface area contributed by atoms with Crippen LogP contribution in [-0.2, 0) is 14.4 Å². The van der Waals surface area contributed by atoms with Gasteiger partial charge in [0, 0.05) is 25.9 Å². The Morgan fingerprint density at radius 1 is 1.42 bits per heavy atom. The summed E-state index contributed by atoms with van der Waals surface area (Å²) in [4.78, 5) is 45.5. The number of aliphatic carboxylic acids is 1. The fourth-order valence-electron chi connectivity index (χ4n) is 1.66. The minimum Gasteiger partial charge on any atom is -0.481 e. The van der Waals surface area contributed by atoms with Crippen LogP contribution in [0, 0.1) is 5.92 Å². The summed E-state index contributed by atoms with van der Waals surface area (Å²) in [6, 6.07) is 0. The molecule has 19 heavy (non-hydrogen) atoms. The highest BCUT2D eigenvalue weighted by molar-refractivity contribution is 8.14. The van der Waals surface area contributed by atoms with Gasteiger partial charge in [-0.2, -0.15) is 0 Å². The van der Waals surface area contributed by atoms with Gasteiger partial charge in [-0.1, -0.05) is 18.7 Å². The standard InChI is InChI=1S/C11H16N2O5S/c1-7(5-10(16)17)4-8(14)12-2-3-13-9(15)6-19-11(13)18/h7H,2-6H2,1H3,(H,12,14)(H,16,17). The summed E-state index contributed by atoms with van der Waals surface area (Å²) in [5.41, 5.74) is 0. The van der Waals surface area contributed by atoms with E-state index in [1.54, 1.807) is 6.92 Å². The lowest BCUT2D eigenvalue weighted by Gasteiger charge is -2.14. The summed E-state index contributed by atoms with van der Waals surface area (Å²) in [5.74, 6) is -1.56. The number of hydrogen-bond acceptors (Lipinski definition) is 5. The van der Waals surface area contributed by atoms with Crippen LogP contribution in [0.1, 0.15) is 19.8 Å². The molecule has 1 saturated heterocycles. The summed E-state index contributed by atoms with van der Waals surface area (Å²) in [6.07, 6.45) is 0.0517. The van der Waals surface area contributed by atoms with Crippen molar-refractivity contribution in [2.45, 2.75) is 19.8 Å². The van der Waals surface area contributed by atoms with Crippen LogP contribution in [-0.4, -0.2) is 51.9 Å². The maximum atomic E-state index is 11.5. The van der Waals surface area contributed by atoms with Gasteiger partial charge in [-0.15, -0.1) is 0 Å². The van der Waals surface area contributed by atoms with Gasteiger partial charge >= 0.3 is 5.97 Å². The maximum Gasteiger partial charge on any atom is 0.303 e. The van der Waals surface area contributed by atoms with E-state index < -0.39 is 5.97 Å². The van der Waals surface area contributed by atoms with Gasteiger partial charge in [0.2, 0.25) is 11.8 Å². The van der Waals surface area contributed by atoms with E-state index in [0.29, 0.717) is 0 Å². The van der Waals surface area contributed by atoms with Gasteiger partial charge in [0.15, 0.2) is 0 Å². The lowest BCUT2D eigenvalue weighted by molar-refractivity contribution is -0.138. The first-order valence-electron chi connectivity index (χ1n) is 5.85. The normalized spacial score (nSPS) is 16.6. The van der Waals surface area contributed by atoms with Crippen molar-refractivity contribution >= 4 is 34.8 Å². The Kier molecular flexibility index (Phi) is 5.81. The first kappa shape index (κ1) is 15.5. The van der Waals surface area contributed by atoms with Crippen molar-refractivity contribution in [3.63, 3.8) is 0 Å². The van der Waals surface area contributed by atoms with Gasteiger partial charge in [-0.05, 0) is 5.92 Å². The predicted octanol–water partition coefficient (Wildman–Crippen LogP) is 0.299. The van der Waals surface area contributed by atoms with E-state index in [1.807, 2.05) is 0 Å². The first-order chi connectivity index (χ1) is 8.90. The maximum absolute atomic E-state index is 11.5. The Morgan fingerprint density at radius 2 is 2.11 bits per heavy atom. The molecule has 0 spiro atoms. The number of thioether (sulfide) groups is 1. The van der Waals surface area contributed by atoms with E-state index in [1.165, 1.54) is 0 Å². The molecular weight excluding hydrogens is 272 g/mol. The first-order valence-corrected chi connectivity index (χ1v) is 6.84. The summed E-state index contributed by atoms with van der Waals surface area (Å²) < 4.78 is 0. The molecule has 1 rings (SSSR count). The number of rotatable bonds is 7. The van der Waals surface area contributed by atoms with Gasteiger partial charge in [-0.25, -0.2) is 0 Å². The van der Waals surface area contributed by atoms with E-state index in [4.69, 9.17) is 5.11 Å². The molecular formula is C11H16N2O5S. The average Bonchev–Trinajstić information content (AvgIpc) is 2.59. The second kappa shape index (κ2) is 7.13. The summed E-state index contributed by atoms with van der Waals surface area (Å²) in [6.45, 7) is 2.03. The lowest BCUT2D eigenvalue weighted by atomic mass is 10.0. The van der Waals surface area contributed by atoms with Crippen LogP contribution in [0.4, 0.5) is 4.79 Å². The lowest BCUT2D eigenvalue weighted by Crippen LogP contribution is -2.37. The molecule has 0 saturated carbocycles. The van der Waals surface area contributed by atoms with Gasteiger partial charge in [0.05, 0.1) is 5.75 Å². The van der Waals surface area contributed by atoms with Crippen molar-refractivity contribution in [2.75, 3.05) is 18.8 Å². The molecule has 0 aliphatic carbocycles. The monoisotopic (exact) mass is 288 g/mol. The van der Waals surface area contributed by atoms with Crippen molar-refractivity contribution in [3.05, 3.63) is 0 Å². The SMILES string of the molecule is CC(CC(=O)O)CC(=O)NCCN1C(=O)CSC1=O. The third-order valence-electron chi connectivity index (χ3n) is 2.56. The molecule has 0 bridgehead atoms. The number of carboxylic acids is 1. The number of hydrogen-bond donors (Lipinski definition) is 2. The van der Waals surface area contributed by atoms with Crippen LogP contribution < -0.4 is 5.32 Å². The Balaban J connectivity index is 2.22. The van der Waals surface area contributed by atoms with Crippen LogP contribution in [0.2, 0.25) is 0 Å². The third-order valence-corrected chi connectivity index (χ3v) is 3.41. The van der Waals surface area contributed by atoms with Crippen LogP contribution in [0.3, 0.4) is 0 Å². The molecule has 1 fully saturated rings. The van der Waals surface area contributed by atoms with Crippen molar-refractivity contribution < 1.29 is 24.3 Å². The van der Waals surface area contributed by atoms with Crippen molar-refractivity contribution in [2.24, 2.45) is 5.92 Å². The summed E-state index contributed by atoms with van der Waals surface area (Å²) >= 11 is 0.949. The molecule has 0 aromatic carbocycles. The highest BCUT2D eigenvalue weighted by atomic mass is 32.2. The minimum absolute atomic E-state index is 0.0623. The fraction of sp³-hybridized carbons (Fsp3) is 0.636. The van der Waals surface area contributed by atoms with Crippen molar-refractivity contribution in [1.29, 1.82) is 0 Å². The second-order valence-corrected chi connectivity index (χ2v) is 5.28. The molecule has 1 aliphatic rings. The largest absolute Gasteiger partial charge is 0.481 e. The zero-order valence-electron chi connectivity index (χ0n) is 10.5. The molecule has 3 amide bonds. The van der Waals surface area contributed by atoms with E-state index >= 15 is 0 Å². The van der Waals surface area contributed by atoms with E-state index in [-0.39, 0.29) is 54.7 Å². The molecule has 0 radical (unpaired) electrons. The molecule has 1 unspecified atom stereocenters. The third kappa shape index (κ3) is 5.29.